The Morgan fingerprint density at radius 2 is 1.91 bits per heavy atom. The highest BCUT2D eigenvalue weighted by Gasteiger charge is 2.15. The van der Waals surface area contributed by atoms with Crippen LogP contribution in [0.5, 0.6) is 5.75 Å². The van der Waals surface area contributed by atoms with Crippen LogP contribution in [-0.4, -0.2) is 12.0 Å². The molecule has 116 valence electrons. The Kier molecular flexibility index (Phi) is 5.83. The van der Waals surface area contributed by atoms with Crippen molar-refractivity contribution in [2.45, 2.75) is 33.3 Å². The van der Waals surface area contributed by atoms with Gasteiger partial charge in [0.2, 0.25) is 0 Å². The van der Waals surface area contributed by atoms with E-state index in [2.05, 4.69) is 34.8 Å². The zero-order chi connectivity index (χ0) is 16.1. The monoisotopic (exact) mass is 409 g/mol. The maximum Gasteiger partial charge on any atom is 0.265 e. The third kappa shape index (κ3) is 4.47. The molecule has 0 aliphatic heterocycles. The Hall–Kier alpha value is -1.56. The van der Waals surface area contributed by atoms with E-state index in [1.807, 2.05) is 49.4 Å². The number of benzene rings is 2. The molecule has 0 spiro atoms. The number of halogens is 1. The Balaban J connectivity index is 1.99. The van der Waals surface area contributed by atoms with Crippen molar-refractivity contribution in [3.8, 4) is 5.75 Å². The molecule has 0 saturated heterocycles. The van der Waals surface area contributed by atoms with Crippen LogP contribution in [0.15, 0.2) is 42.5 Å². The van der Waals surface area contributed by atoms with E-state index in [9.17, 15) is 4.79 Å². The van der Waals surface area contributed by atoms with Crippen molar-refractivity contribution in [1.82, 2.24) is 0 Å². The second-order valence-electron chi connectivity index (χ2n) is 5.21. The van der Waals surface area contributed by atoms with Crippen LogP contribution < -0.4 is 10.1 Å². The summed E-state index contributed by atoms with van der Waals surface area (Å²) in [5, 5.41) is 2.91. The summed E-state index contributed by atoms with van der Waals surface area (Å²) in [5.41, 5.74) is 3.11. The third-order valence-electron chi connectivity index (χ3n) is 3.46. The highest BCUT2D eigenvalue weighted by molar-refractivity contribution is 14.1. The average Bonchev–Trinajstić information content (AvgIpc) is 2.50. The molecule has 0 radical (unpaired) electrons. The van der Waals surface area contributed by atoms with E-state index < -0.39 is 6.10 Å². The molecule has 1 N–H and O–H groups in total. The predicted molar refractivity (Wildman–Crippen MR) is 98.4 cm³/mol. The number of carbonyl (C=O) groups excluding carboxylic acids is 1. The number of carbonyl (C=O) groups is 1. The summed E-state index contributed by atoms with van der Waals surface area (Å²) in [6.45, 7) is 5.84. The van der Waals surface area contributed by atoms with Crippen molar-refractivity contribution in [1.29, 1.82) is 0 Å². The molecule has 2 rings (SSSR count). The first kappa shape index (κ1) is 16.8. The summed E-state index contributed by atoms with van der Waals surface area (Å²) >= 11 is 2.25. The maximum absolute atomic E-state index is 12.2. The minimum Gasteiger partial charge on any atom is -0.481 e. The Labute approximate surface area is 145 Å². The van der Waals surface area contributed by atoms with Gasteiger partial charge >= 0.3 is 0 Å². The molecule has 0 aliphatic carbocycles. The van der Waals surface area contributed by atoms with E-state index in [1.165, 1.54) is 5.56 Å². The van der Waals surface area contributed by atoms with Gasteiger partial charge in [0.1, 0.15) is 5.75 Å². The first-order valence-corrected chi connectivity index (χ1v) is 8.40. The molecule has 0 aliphatic rings. The average molecular weight is 409 g/mol. The fourth-order valence-electron chi connectivity index (χ4n) is 2.06. The molecule has 0 fully saturated rings. The molecule has 1 amide bonds. The molecule has 0 bridgehead atoms. The van der Waals surface area contributed by atoms with Gasteiger partial charge in [-0.15, -0.1) is 0 Å². The molecule has 22 heavy (non-hydrogen) atoms. The maximum atomic E-state index is 12.2. The predicted octanol–water partition coefficient (Wildman–Crippen LogP) is 4.57. The molecule has 1 unspecified atom stereocenters. The fraction of sp³-hybridized carbons (Fsp3) is 0.278. The largest absolute Gasteiger partial charge is 0.481 e. The fourth-order valence-corrected chi connectivity index (χ4v) is 2.71. The number of anilines is 1. The van der Waals surface area contributed by atoms with Crippen LogP contribution in [0.4, 0.5) is 5.69 Å². The van der Waals surface area contributed by atoms with Crippen molar-refractivity contribution >= 4 is 34.2 Å². The van der Waals surface area contributed by atoms with Gasteiger partial charge in [0.05, 0.1) is 0 Å². The zero-order valence-corrected chi connectivity index (χ0v) is 15.2. The number of nitrogens with one attached hydrogen (secondary N) is 1. The van der Waals surface area contributed by atoms with Crippen LogP contribution in [0.1, 0.15) is 25.0 Å². The van der Waals surface area contributed by atoms with Gasteiger partial charge in [-0.1, -0.05) is 19.1 Å². The van der Waals surface area contributed by atoms with E-state index in [-0.39, 0.29) is 5.91 Å². The summed E-state index contributed by atoms with van der Waals surface area (Å²) in [7, 11) is 0. The number of rotatable bonds is 5. The minimum atomic E-state index is -0.550. The van der Waals surface area contributed by atoms with E-state index in [4.69, 9.17) is 4.74 Å². The molecule has 3 nitrogen and oxygen atoms in total. The number of ether oxygens (including phenoxy) is 1. The van der Waals surface area contributed by atoms with Gasteiger partial charge in [0.25, 0.3) is 5.91 Å². The second kappa shape index (κ2) is 7.63. The van der Waals surface area contributed by atoms with E-state index in [1.54, 1.807) is 6.92 Å². The normalized spacial score (nSPS) is 11.8. The van der Waals surface area contributed by atoms with Crippen LogP contribution in [0, 0.1) is 10.5 Å². The van der Waals surface area contributed by atoms with Crippen LogP contribution in [0.3, 0.4) is 0 Å². The number of hydrogen-bond acceptors (Lipinski definition) is 2. The minimum absolute atomic E-state index is 0.149. The van der Waals surface area contributed by atoms with E-state index in [0.29, 0.717) is 5.75 Å². The van der Waals surface area contributed by atoms with Crippen molar-refractivity contribution in [3.63, 3.8) is 0 Å². The molecule has 1 atom stereocenters. The van der Waals surface area contributed by atoms with Crippen molar-refractivity contribution in [2.75, 3.05) is 5.32 Å². The van der Waals surface area contributed by atoms with Gasteiger partial charge < -0.3 is 10.1 Å². The number of aryl methyl sites for hydroxylation is 2. The zero-order valence-electron chi connectivity index (χ0n) is 13.0. The Morgan fingerprint density at radius 3 is 2.50 bits per heavy atom. The third-order valence-corrected chi connectivity index (χ3v) is 4.13. The lowest BCUT2D eigenvalue weighted by Crippen LogP contribution is -2.30. The van der Waals surface area contributed by atoms with Gasteiger partial charge in [0.15, 0.2) is 6.10 Å². The topological polar surface area (TPSA) is 38.3 Å². The molecule has 4 heteroatoms. The molecular formula is C18H20INO2. The second-order valence-corrected chi connectivity index (χ2v) is 6.45. The number of hydrogen-bond donors (Lipinski definition) is 1. The smallest absolute Gasteiger partial charge is 0.265 e. The summed E-state index contributed by atoms with van der Waals surface area (Å²) in [5.74, 6) is 0.558. The molecule has 0 aromatic heterocycles. The van der Waals surface area contributed by atoms with Crippen LogP contribution >= 0.6 is 22.6 Å². The first-order chi connectivity index (χ1) is 10.5. The van der Waals surface area contributed by atoms with E-state index in [0.717, 1.165) is 21.2 Å². The molecular weight excluding hydrogens is 389 g/mol. The number of amides is 1. The summed E-state index contributed by atoms with van der Waals surface area (Å²) < 4.78 is 6.84. The quantitative estimate of drug-likeness (QED) is 0.735. The van der Waals surface area contributed by atoms with Crippen LogP contribution in [0.25, 0.3) is 0 Å². The highest BCUT2D eigenvalue weighted by Crippen LogP contribution is 2.19. The van der Waals surface area contributed by atoms with E-state index >= 15 is 0 Å². The van der Waals surface area contributed by atoms with Gasteiger partial charge in [-0.05, 0) is 84.3 Å². The van der Waals surface area contributed by atoms with Gasteiger partial charge in [0, 0.05) is 9.26 Å². The van der Waals surface area contributed by atoms with Crippen molar-refractivity contribution in [2.24, 2.45) is 0 Å². The lowest BCUT2D eigenvalue weighted by atomic mass is 10.2. The summed E-state index contributed by atoms with van der Waals surface area (Å²) in [6.07, 6.45) is 0.439. The lowest BCUT2D eigenvalue weighted by Gasteiger charge is -2.16. The first-order valence-electron chi connectivity index (χ1n) is 7.32. The van der Waals surface area contributed by atoms with Crippen LogP contribution in [-0.2, 0) is 11.2 Å². The van der Waals surface area contributed by atoms with Crippen molar-refractivity contribution in [3.05, 3.63) is 57.2 Å². The highest BCUT2D eigenvalue weighted by atomic mass is 127. The van der Waals surface area contributed by atoms with Gasteiger partial charge in [-0.2, -0.15) is 0 Å². The Morgan fingerprint density at radius 1 is 1.23 bits per heavy atom. The lowest BCUT2D eigenvalue weighted by molar-refractivity contribution is -0.122. The van der Waals surface area contributed by atoms with Crippen molar-refractivity contribution < 1.29 is 9.53 Å². The molecule has 0 saturated carbocycles. The SMILES string of the molecule is CCc1ccc(OC(C)C(=O)Nc2ccc(I)cc2C)cc1. The summed E-state index contributed by atoms with van der Waals surface area (Å²) in [6, 6.07) is 13.8. The van der Waals surface area contributed by atoms with Gasteiger partial charge in [-0.3, -0.25) is 4.79 Å². The molecule has 0 heterocycles. The Bertz CT molecular complexity index is 653. The summed E-state index contributed by atoms with van der Waals surface area (Å²) in [4.78, 5) is 12.2. The molecule has 2 aromatic carbocycles. The molecule has 2 aromatic rings. The standard InChI is InChI=1S/C18H20INO2/c1-4-14-5-8-16(9-6-14)22-13(3)18(21)20-17-10-7-15(19)11-12(17)2/h5-11,13H,4H2,1-3H3,(H,20,21). The van der Waals surface area contributed by atoms with Gasteiger partial charge in [-0.25, -0.2) is 0 Å². The van der Waals surface area contributed by atoms with Crippen LogP contribution in [0.2, 0.25) is 0 Å².